The maximum atomic E-state index is 12.1. The number of benzene rings is 1. The van der Waals surface area contributed by atoms with Gasteiger partial charge in [0.1, 0.15) is 17.2 Å². The molecular weight excluding hydrogens is 316 g/mol. The van der Waals surface area contributed by atoms with Crippen molar-refractivity contribution in [2.45, 2.75) is 0 Å². The highest BCUT2D eigenvalue weighted by atomic mass is 35.5. The van der Waals surface area contributed by atoms with Gasteiger partial charge in [-0.2, -0.15) is 0 Å². The Hall–Kier alpha value is -2.99. The fraction of sp³-hybridized carbons (Fsp3) is 0. The van der Waals surface area contributed by atoms with Crippen LogP contribution in [0.1, 0.15) is 10.4 Å². The minimum Gasteiger partial charge on any atom is -0.306 e. The molecule has 2 N–H and O–H groups in total. The van der Waals surface area contributed by atoms with E-state index in [1.807, 2.05) is 0 Å². The van der Waals surface area contributed by atoms with E-state index < -0.39 is 11.5 Å². The summed E-state index contributed by atoms with van der Waals surface area (Å²) in [4.78, 5) is 34.9. The van der Waals surface area contributed by atoms with Gasteiger partial charge in [-0.05, 0) is 36.4 Å². The Balaban J connectivity index is 1.86. The van der Waals surface area contributed by atoms with Crippen LogP contribution in [0.4, 0.5) is 5.82 Å². The molecule has 0 saturated carbocycles. The summed E-state index contributed by atoms with van der Waals surface area (Å²) in [5.41, 5.74) is 0.0786. The van der Waals surface area contributed by atoms with Gasteiger partial charge in [0, 0.05) is 23.0 Å². The van der Waals surface area contributed by atoms with Crippen LogP contribution >= 0.6 is 11.6 Å². The van der Waals surface area contributed by atoms with E-state index in [1.54, 1.807) is 48.7 Å². The van der Waals surface area contributed by atoms with Gasteiger partial charge in [-0.3, -0.25) is 9.59 Å². The number of H-pyrrole nitrogens is 1. The predicted molar refractivity (Wildman–Crippen MR) is 87.5 cm³/mol. The molecule has 23 heavy (non-hydrogen) atoms. The first-order valence-electron chi connectivity index (χ1n) is 6.71. The van der Waals surface area contributed by atoms with E-state index in [2.05, 4.69) is 20.3 Å². The molecule has 0 saturated heterocycles. The average molecular weight is 327 g/mol. The summed E-state index contributed by atoms with van der Waals surface area (Å²) in [5.74, 6) is 0.153. The van der Waals surface area contributed by atoms with Gasteiger partial charge in [0.25, 0.3) is 11.5 Å². The summed E-state index contributed by atoms with van der Waals surface area (Å²) in [6.07, 6.45) is 2.78. The Morgan fingerprint density at radius 1 is 1.09 bits per heavy atom. The minimum absolute atomic E-state index is 0.0895. The standard InChI is InChI=1S/C16H11ClN4O2/c17-11-6-4-10(5-7-11)14-19-9-12(16(23)21-14)15(22)20-13-3-1-2-8-18-13/h1-9H,(H,18,20,22)(H,19,21,23). The Bertz CT molecular complexity index is 892. The molecule has 0 aliphatic carbocycles. The summed E-state index contributed by atoms with van der Waals surface area (Å²) in [6.45, 7) is 0. The van der Waals surface area contributed by atoms with E-state index in [0.29, 0.717) is 22.2 Å². The quantitative estimate of drug-likeness (QED) is 0.774. The number of aromatic nitrogens is 3. The van der Waals surface area contributed by atoms with Crippen molar-refractivity contribution >= 4 is 23.3 Å². The molecule has 2 heterocycles. The predicted octanol–water partition coefficient (Wildman–Crippen LogP) is 2.74. The highest BCUT2D eigenvalue weighted by Crippen LogP contribution is 2.16. The minimum atomic E-state index is -0.569. The topological polar surface area (TPSA) is 87.7 Å². The van der Waals surface area contributed by atoms with Crippen LogP contribution in [0.15, 0.2) is 59.7 Å². The largest absolute Gasteiger partial charge is 0.306 e. The Morgan fingerprint density at radius 2 is 1.87 bits per heavy atom. The van der Waals surface area contributed by atoms with Gasteiger partial charge in [0.15, 0.2) is 0 Å². The monoisotopic (exact) mass is 326 g/mol. The van der Waals surface area contributed by atoms with Gasteiger partial charge >= 0.3 is 0 Å². The van der Waals surface area contributed by atoms with Crippen molar-refractivity contribution < 1.29 is 4.79 Å². The van der Waals surface area contributed by atoms with E-state index in [1.165, 1.54) is 6.20 Å². The maximum Gasteiger partial charge on any atom is 0.264 e. The van der Waals surface area contributed by atoms with E-state index in [4.69, 9.17) is 11.6 Å². The second-order valence-corrected chi connectivity index (χ2v) is 5.09. The number of rotatable bonds is 3. The second-order valence-electron chi connectivity index (χ2n) is 4.65. The Kier molecular flexibility index (Phi) is 4.16. The molecule has 0 unspecified atom stereocenters. The van der Waals surface area contributed by atoms with Crippen molar-refractivity contribution in [2.24, 2.45) is 0 Å². The molecule has 0 aliphatic rings. The van der Waals surface area contributed by atoms with Gasteiger partial charge < -0.3 is 10.3 Å². The Morgan fingerprint density at radius 3 is 2.52 bits per heavy atom. The van der Waals surface area contributed by atoms with Crippen molar-refractivity contribution in [3.05, 3.63) is 75.8 Å². The number of nitrogens with one attached hydrogen (secondary N) is 2. The van der Waals surface area contributed by atoms with Gasteiger partial charge in [0.2, 0.25) is 0 Å². The van der Waals surface area contributed by atoms with Crippen LogP contribution in [0.25, 0.3) is 11.4 Å². The zero-order valence-electron chi connectivity index (χ0n) is 11.8. The smallest absolute Gasteiger partial charge is 0.264 e. The van der Waals surface area contributed by atoms with Gasteiger partial charge in [-0.25, -0.2) is 9.97 Å². The highest BCUT2D eigenvalue weighted by molar-refractivity contribution is 6.30. The average Bonchev–Trinajstić information content (AvgIpc) is 2.56. The third-order valence-electron chi connectivity index (χ3n) is 3.07. The number of carbonyl (C=O) groups is 1. The lowest BCUT2D eigenvalue weighted by molar-refractivity contribution is 0.102. The number of pyridine rings is 1. The molecule has 6 nitrogen and oxygen atoms in total. The third-order valence-corrected chi connectivity index (χ3v) is 3.32. The number of anilines is 1. The van der Waals surface area contributed by atoms with E-state index in [0.717, 1.165) is 0 Å². The number of hydrogen-bond acceptors (Lipinski definition) is 4. The van der Waals surface area contributed by atoms with Crippen LogP contribution < -0.4 is 10.9 Å². The lowest BCUT2D eigenvalue weighted by Crippen LogP contribution is -2.24. The zero-order valence-corrected chi connectivity index (χ0v) is 12.5. The number of hydrogen-bond donors (Lipinski definition) is 2. The molecular formula is C16H11ClN4O2. The van der Waals surface area contributed by atoms with Crippen molar-refractivity contribution in [1.29, 1.82) is 0 Å². The molecule has 0 bridgehead atoms. The van der Waals surface area contributed by atoms with Crippen LogP contribution in [-0.4, -0.2) is 20.9 Å². The van der Waals surface area contributed by atoms with Crippen LogP contribution in [0.5, 0.6) is 0 Å². The van der Waals surface area contributed by atoms with Crippen LogP contribution in [0.3, 0.4) is 0 Å². The van der Waals surface area contributed by atoms with Crippen LogP contribution in [0, 0.1) is 0 Å². The summed E-state index contributed by atoms with van der Waals surface area (Å²) in [6, 6.07) is 11.9. The molecule has 3 rings (SSSR count). The third kappa shape index (κ3) is 3.44. The molecule has 1 amide bonds. The number of carbonyl (C=O) groups excluding carboxylic acids is 1. The molecule has 0 spiro atoms. The van der Waals surface area contributed by atoms with Crippen molar-refractivity contribution in [3.8, 4) is 11.4 Å². The molecule has 0 atom stereocenters. The summed E-state index contributed by atoms with van der Waals surface area (Å²) >= 11 is 5.82. The zero-order chi connectivity index (χ0) is 16.2. The SMILES string of the molecule is O=C(Nc1ccccn1)c1cnc(-c2ccc(Cl)cc2)[nH]c1=O. The van der Waals surface area contributed by atoms with E-state index in [9.17, 15) is 9.59 Å². The first-order chi connectivity index (χ1) is 11.1. The number of nitrogens with zero attached hydrogens (tertiary/aromatic N) is 2. The van der Waals surface area contributed by atoms with Crippen LogP contribution in [-0.2, 0) is 0 Å². The fourth-order valence-electron chi connectivity index (χ4n) is 1.93. The summed E-state index contributed by atoms with van der Waals surface area (Å²) in [7, 11) is 0. The first kappa shape index (κ1) is 14.9. The van der Waals surface area contributed by atoms with Crippen molar-refractivity contribution in [2.75, 3.05) is 5.32 Å². The number of halogens is 1. The molecule has 0 fully saturated rings. The Labute approximate surface area is 136 Å². The van der Waals surface area contributed by atoms with Crippen LogP contribution in [0.2, 0.25) is 5.02 Å². The van der Waals surface area contributed by atoms with Gasteiger partial charge in [0.05, 0.1) is 0 Å². The number of amides is 1. The molecule has 0 aliphatic heterocycles. The lowest BCUT2D eigenvalue weighted by atomic mass is 10.2. The van der Waals surface area contributed by atoms with E-state index in [-0.39, 0.29) is 5.56 Å². The second kappa shape index (κ2) is 6.41. The van der Waals surface area contributed by atoms with E-state index >= 15 is 0 Å². The molecule has 2 aromatic heterocycles. The summed E-state index contributed by atoms with van der Waals surface area (Å²) in [5, 5.41) is 3.12. The normalized spacial score (nSPS) is 10.3. The fourth-order valence-corrected chi connectivity index (χ4v) is 2.06. The lowest BCUT2D eigenvalue weighted by Gasteiger charge is -2.05. The molecule has 114 valence electrons. The van der Waals surface area contributed by atoms with Gasteiger partial charge in [-0.1, -0.05) is 17.7 Å². The van der Waals surface area contributed by atoms with Gasteiger partial charge in [-0.15, -0.1) is 0 Å². The molecule has 3 aromatic rings. The van der Waals surface area contributed by atoms with Crippen molar-refractivity contribution in [1.82, 2.24) is 15.0 Å². The highest BCUT2D eigenvalue weighted by Gasteiger charge is 2.13. The van der Waals surface area contributed by atoms with Crippen molar-refractivity contribution in [3.63, 3.8) is 0 Å². The molecule has 0 radical (unpaired) electrons. The maximum absolute atomic E-state index is 12.1. The molecule has 7 heteroatoms. The summed E-state index contributed by atoms with van der Waals surface area (Å²) < 4.78 is 0. The number of aromatic amines is 1. The first-order valence-corrected chi connectivity index (χ1v) is 7.09. The molecule has 1 aromatic carbocycles.